The van der Waals surface area contributed by atoms with Crippen molar-refractivity contribution in [3.05, 3.63) is 0 Å². The smallest absolute Gasteiger partial charge is 0.302 e. The molecule has 56 valence electrons. The van der Waals surface area contributed by atoms with E-state index in [-0.39, 0.29) is 12.5 Å². The van der Waals surface area contributed by atoms with Crippen molar-refractivity contribution in [2.24, 2.45) is 0 Å². The molecule has 0 spiro atoms. The SMILES string of the molecule is O=P(O)(OCl)OCCCl. The standard InChI is InChI=1S/C2H5Cl2O4P/c3-1-2-7-9(5,6)8-4/h1-2H2,(H,5,6). The molecule has 4 nitrogen and oxygen atoms in total. The van der Waals surface area contributed by atoms with Gasteiger partial charge in [0.15, 0.2) is 0 Å². The Morgan fingerprint density at radius 2 is 2.22 bits per heavy atom. The van der Waals surface area contributed by atoms with E-state index in [2.05, 4.69) is 20.5 Å². The van der Waals surface area contributed by atoms with Gasteiger partial charge < -0.3 is 4.89 Å². The van der Waals surface area contributed by atoms with Crippen LogP contribution in [0.2, 0.25) is 0 Å². The Hall–Kier alpha value is 0.690. The van der Waals surface area contributed by atoms with E-state index in [4.69, 9.17) is 16.5 Å². The summed E-state index contributed by atoms with van der Waals surface area (Å²) in [6, 6.07) is 0. The largest absolute Gasteiger partial charge is 0.488 e. The van der Waals surface area contributed by atoms with Crippen LogP contribution in [0, 0.1) is 0 Å². The van der Waals surface area contributed by atoms with Gasteiger partial charge in [0, 0.05) is 5.88 Å². The maximum Gasteiger partial charge on any atom is 0.488 e. The van der Waals surface area contributed by atoms with Gasteiger partial charge in [-0.15, -0.1) is 11.6 Å². The van der Waals surface area contributed by atoms with Gasteiger partial charge in [-0.2, -0.15) is 4.08 Å². The Balaban J connectivity index is 3.46. The van der Waals surface area contributed by atoms with Crippen LogP contribution in [0.15, 0.2) is 0 Å². The molecule has 1 unspecified atom stereocenters. The molecule has 0 aliphatic rings. The lowest BCUT2D eigenvalue weighted by Crippen LogP contribution is -1.92. The van der Waals surface area contributed by atoms with Gasteiger partial charge in [-0.3, -0.25) is 4.52 Å². The van der Waals surface area contributed by atoms with Crippen LogP contribution in [0.5, 0.6) is 0 Å². The molecule has 0 fully saturated rings. The second-order valence-electron chi connectivity index (χ2n) is 1.06. The quantitative estimate of drug-likeness (QED) is 0.545. The summed E-state index contributed by atoms with van der Waals surface area (Å²) in [5.41, 5.74) is 0. The fraction of sp³-hybridized carbons (Fsp3) is 1.00. The summed E-state index contributed by atoms with van der Waals surface area (Å²) in [5.74, 6) is 0.116. The maximum atomic E-state index is 10.3. The molecule has 0 aliphatic carbocycles. The van der Waals surface area contributed by atoms with Crippen molar-refractivity contribution in [2.45, 2.75) is 0 Å². The van der Waals surface area contributed by atoms with Gasteiger partial charge in [0.1, 0.15) is 0 Å². The van der Waals surface area contributed by atoms with Crippen molar-refractivity contribution in [3.63, 3.8) is 0 Å². The molecule has 0 bridgehead atoms. The predicted molar refractivity (Wildman–Crippen MR) is 33.4 cm³/mol. The number of hydrogen-bond acceptors (Lipinski definition) is 3. The van der Waals surface area contributed by atoms with Crippen molar-refractivity contribution in [2.75, 3.05) is 12.5 Å². The third kappa shape index (κ3) is 5.15. The lowest BCUT2D eigenvalue weighted by molar-refractivity contribution is 0.219. The zero-order chi connectivity index (χ0) is 7.33. The highest BCUT2D eigenvalue weighted by Crippen LogP contribution is 2.44. The first-order valence-corrected chi connectivity index (χ1v) is 4.30. The van der Waals surface area contributed by atoms with Crippen molar-refractivity contribution >= 4 is 31.3 Å². The van der Waals surface area contributed by atoms with Crippen molar-refractivity contribution in [3.8, 4) is 0 Å². The first kappa shape index (κ1) is 9.69. The van der Waals surface area contributed by atoms with E-state index in [0.29, 0.717) is 0 Å². The number of hydrogen-bond donors (Lipinski definition) is 1. The zero-order valence-corrected chi connectivity index (χ0v) is 6.70. The Bertz CT molecular complexity index is 117. The molecule has 0 aliphatic heterocycles. The minimum atomic E-state index is -4.01. The Morgan fingerprint density at radius 3 is 2.56 bits per heavy atom. The second kappa shape index (κ2) is 4.50. The minimum Gasteiger partial charge on any atom is -0.302 e. The summed E-state index contributed by atoms with van der Waals surface area (Å²) in [4.78, 5) is 8.37. The monoisotopic (exact) mass is 194 g/mol. The van der Waals surface area contributed by atoms with Crippen molar-refractivity contribution < 1.29 is 18.1 Å². The van der Waals surface area contributed by atoms with Crippen molar-refractivity contribution in [1.82, 2.24) is 0 Å². The van der Waals surface area contributed by atoms with Crippen LogP contribution in [0.4, 0.5) is 0 Å². The van der Waals surface area contributed by atoms with Gasteiger partial charge in [-0.1, -0.05) is 0 Å². The van der Waals surface area contributed by atoms with E-state index in [0.717, 1.165) is 0 Å². The summed E-state index contributed by atoms with van der Waals surface area (Å²) in [6.45, 7) is -0.0674. The molecule has 1 atom stereocenters. The lowest BCUT2D eigenvalue weighted by atomic mass is 10.9. The van der Waals surface area contributed by atoms with E-state index in [1.165, 1.54) is 0 Å². The first-order chi connectivity index (χ1) is 4.12. The Kier molecular flexibility index (Phi) is 4.84. The fourth-order valence-electron chi connectivity index (χ4n) is 0.170. The van der Waals surface area contributed by atoms with E-state index in [1.54, 1.807) is 0 Å². The van der Waals surface area contributed by atoms with Gasteiger partial charge in [0.05, 0.1) is 18.5 Å². The highest BCUT2D eigenvalue weighted by molar-refractivity contribution is 7.48. The fourth-order valence-corrected chi connectivity index (χ4v) is 0.836. The topological polar surface area (TPSA) is 55.8 Å². The number of rotatable bonds is 4. The summed E-state index contributed by atoms with van der Waals surface area (Å²) in [7, 11) is -4.01. The summed E-state index contributed by atoms with van der Waals surface area (Å²) < 4.78 is 18.0. The summed E-state index contributed by atoms with van der Waals surface area (Å²) >= 11 is 9.66. The molecule has 1 N–H and O–H groups in total. The van der Waals surface area contributed by atoms with Crippen molar-refractivity contribution in [1.29, 1.82) is 0 Å². The molecule has 0 aromatic rings. The highest BCUT2D eigenvalue weighted by atomic mass is 35.5. The normalized spacial score (nSPS) is 17.2. The molecule has 0 saturated heterocycles. The molecule has 0 radical (unpaired) electrons. The zero-order valence-electron chi connectivity index (χ0n) is 4.29. The van der Waals surface area contributed by atoms with Crippen LogP contribution in [0.1, 0.15) is 0 Å². The van der Waals surface area contributed by atoms with Crippen LogP contribution in [0.3, 0.4) is 0 Å². The number of alkyl halides is 1. The number of phosphoric acid groups is 1. The molecule has 0 saturated carbocycles. The minimum absolute atomic E-state index is 0.0674. The van der Waals surface area contributed by atoms with Gasteiger partial charge in [0.2, 0.25) is 0 Å². The second-order valence-corrected chi connectivity index (χ2v) is 3.19. The molecule has 0 aromatic carbocycles. The van der Waals surface area contributed by atoms with E-state index in [9.17, 15) is 4.57 Å². The third-order valence-electron chi connectivity index (χ3n) is 0.419. The molecule has 0 amide bonds. The van der Waals surface area contributed by atoms with Crippen LogP contribution < -0.4 is 0 Å². The van der Waals surface area contributed by atoms with E-state index in [1.807, 2.05) is 0 Å². The molecular formula is C2H5Cl2O4P. The third-order valence-corrected chi connectivity index (χ3v) is 1.78. The molecule has 0 rings (SSSR count). The Labute approximate surface area is 62.5 Å². The molecular weight excluding hydrogens is 190 g/mol. The van der Waals surface area contributed by atoms with Crippen LogP contribution in [-0.4, -0.2) is 17.4 Å². The summed E-state index contributed by atoms with van der Waals surface area (Å²) in [5, 5.41) is 0. The van der Waals surface area contributed by atoms with E-state index >= 15 is 0 Å². The van der Waals surface area contributed by atoms with Crippen LogP contribution in [0.25, 0.3) is 0 Å². The number of halogens is 2. The van der Waals surface area contributed by atoms with Gasteiger partial charge in [-0.25, -0.2) is 4.57 Å². The molecule has 0 aromatic heterocycles. The molecule has 0 heterocycles. The molecule has 7 heteroatoms. The lowest BCUT2D eigenvalue weighted by Gasteiger charge is -2.03. The predicted octanol–water partition coefficient (Wildman–Crippen LogP) is 1.51. The van der Waals surface area contributed by atoms with Crippen LogP contribution in [-0.2, 0) is 13.2 Å². The first-order valence-electron chi connectivity index (χ1n) is 1.96. The average Bonchev–Trinajstić information content (AvgIpc) is 1.84. The average molecular weight is 195 g/mol. The molecule has 9 heavy (non-hydrogen) atoms. The Morgan fingerprint density at radius 1 is 1.67 bits per heavy atom. The summed E-state index contributed by atoms with van der Waals surface area (Å²) in [6.07, 6.45) is 0. The van der Waals surface area contributed by atoms with E-state index < -0.39 is 7.82 Å². The number of phosphoric ester groups is 1. The maximum absolute atomic E-state index is 10.3. The van der Waals surface area contributed by atoms with Gasteiger partial charge in [-0.05, 0) is 0 Å². The van der Waals surface area contributed by atoms with Gasteiger partial charge >= 0.3 is 7.82 Å². The van der Waals surface area contributed by atoms with Crippen LogP contribution >= 0.6 is 31.3 Å². The highest BCUT2D eigenvalue weighted by Gasteiger charge is 2.19. The van der Waals surface area contributed by atoms with Gasteiger partial charge in [0.25, 0.3) is 0 Å².